The van der Waals surface area contributed by atoms with Crippen LogP contribution in [-0.4, -0.2) is 26.5 Å². The Bertz CT molecular complexity index is 464. The average Bonchev–Trinajstić information content (AvgIpc) is 2.64. The molecular weight excluding hydrogens is 304 g/mol. The number of ether oxygens (including phenoxy) is 3. The molecular formula is C20H30O4. The lowest BCUT2D eigenvalue weighted by atomic mass is 9.82. The van der Waals surface area contributed by atoms with Crippen LogP contribution in [0.25, 0.3) is 0 Å². The predicted molar refractivity (Wildman–Crippen MR) is 93.3 cm³/mol. The molecule has 4 nitrogen and oxygen atoms in total. The molecule has 1 aromatic rings. The highest BCUT2D eigenvalue weighted by Gasteiger charge is 2.28. The third kappa shape index (κ3) is 6.25. The van der Waals surface area contributed by atoms with Crippen LogP contribution in [0.4, 0.5) is 0 Å². The van der Waals surface area contributed by atoms with E-state index >= 15 is 0 Å². The highest BCUT2D eigenvalue weighted by atomic mass is 16.7. The minimum absolute atomic E-state index is 0.136. The standard InChI is InChI=1S/C20H30O4/c1-22-19(23-2)14-18(13-16-9-5-3-6-10-16)20(21)24-15-17-11-7-4-8-12-17/h4,7-8,11-12,16,18-19H,3,5-6,9-10,13-15H2,1-2H3/t18-/m0/s1. The van der Waals surface area contributed by atoms with Crippen molar-refractivity contribution in [1.29, 1.82) is 0 Å². The van der Waals surface area contributed by atoms with E-state index in [-0.39, 0.29) is 18.2 Å². The summed E-state index contributed by atoms with van der Waals surface area (Å²) in [6.07, 6.45) is 7.36. The molecule has 2 rings (SSSR count). The summed E-state index contributed by atoms with van der Waals surface area (Å²) in [6, 6.07) is 9.80. The topological polar surface area (TPSA) is 44.8 Å². The summed E-state index contributed by atoms with van der Waals surface area (Å²) >= 11 is 0. The molecule has 0 N–H and O–H groups in total. The van der Waals surface area contributed by atoms with Gasteiger partial charge in [0.1, 0.15) is 6.61 Å². The van der Waals surface area contributed by atoms with Gasteiger partial charge in [-0.05, 0) is 17.9 Å². The molecule has 0 heterocycles. The van der Waals surface area contributed by atoms with Crippen LogP contribution in [0.3, 0.4) is 0 Å². The van der Waals surface area contributed by atoms with Crippen molar-refractivity contribution in [2.24, 2.45) is 11.8 Å². The maximum atomic E-state index is 12.6. The van der Waals surface area contributed by atoms with Crippen molar-refractivity contribution in [3.63, 3.8) is 0 Å². The van der Waals surface area contributed by atoms with Crippen molar-refractivity contribution in [1.82, 2.24) is 0 Å². The fraction of sp³-hybridized carbons (Fsp3) is 0.650. The predicted octanol–water partition coefficient (Wildman–Crippen LogP) is 4.33. The van der Waals surface area contributed by atoms with E-state index in [4.69, 9.17) is 14.2 Å². The number of carbonyl (C=O) groups excluding carboxylic acids is 1. The molecule has 1 saturated carbocycles. The lowest BCUT2D eigenvalue weighted by Gasteiger charge is -2.27. The van der Waals surface area contributed by atoms with E-state index in [1.165, 1.54) is 32.1 Å². The molecule has 0 radical (unpaired) electrons. The molecule has 0 unspecified atom stereocenters. The minimum Gasteiger partial charge on any atom is -0.461 e. The summed E-state index contributed by atoms with van der Waals surface area (Å²) in [5.41, 5.74) is 1.01. The van der Waals surface area contributed by atoms with Crippen LogP contribution in [0.1, 0.15) is 50.5 Å². The number of methoxy groups -OCH3 is 2. The zero-order valence-electron chi connectivity index (χ0n) is 14.9. The highest BCUT2D eigenvalue weighted by molar-refractivity contribution is 5.72. The molecule has 1 aliphatic rings. The number of hydrogen-bond acceptors (Lipinski definition) is 4. The number of carbonyl (C=O) groups is 1. The van der Waals surface area contributed by atoms with Crippen LogP contribution < -0.4 is 0 Å². The van der Waals surface area contributed by atoms with Crippen LogP contribution in [-0.2, 0) is 25.6 Å². The monoisotopic (exact) mass is 334 g/mol. The SMILES string of the molecule is COC(C[C@H](CC1CCCCC1)C(=O)OCc1ccccc1)OC. The third-order valence-electron chi connectivity index (χ3n) is 4.90. The van der Waals surface area contributed by atoms with E-state index in [9.17, 15) is 4.79 Å². The van der Waals surface area contributed by atoms with E-state index < -0.39 is 0 Å². The Morgan fingerprint density at radius 3 is 2.38 bits per heavy atom. The van der Waals surface area contributed by atoms with Gasteiger partial charge in [0, 0.05) is 20.6 Å². The molecule has 0 bridgehead atoms. The molecule has 1 atom stereocenters. The first-order valence-electron chi connectivity index (χ1n) is 8.99. The second-order valence-corrected chi connectivity index (χ2v) is 6.67. The number of hydrogen-bond donors (Lipinski definition) is 0. The van der Waals surface area contributed by atoms with Crippen molar-refractivity contribution in [3.8, 4) is 0 Å². The quantitative estimate of drug-likeness (QED) is 0.498. The Hall–Kier alpha value is -1.39. The molecule has 1 aliphatic carbocycles. The van der Waals surface area contributed by atoms with E-state index in [0.29, 0.717) is 18.9 Å². The van der Waals surface area contributed by atoms with Crippen molar-refractivity contribution < 1.29 is 19.0 Å². The second kappa shape index (κ2) is 10.5. The van der Waals surface area contributed by atoms with Crippen LogP contribution in [0.15, 0.2) is 30.3 Å². The van der Waals surface area contributed by atoms with Crippen molar-refractivity contribution >= 4 is 5.97 Å². The first-order valence-corrected chi connectivity index (χ1v) is 8.99. The van der Waals surface area contributed by atoms with Gasteiger partial charge in [-0.1, -0.05) is 62.4 Å². The summed E-state index contributed by atoms with van der Waals surface area (Å²) in [5.74, 6) is 0.313. The fourth-order valence-corrected chi connectivity index (χ4v) is 3.48. The van der Waals surface area contributed by atoms with Crippen LogP contribution in [0.2, 0.25) is 0 Å². The fourth-order valence-electron chi connectivity index (χ4n) is 3.48. The summed E-state index contributed by atoms with van der Waals surface area (Å²) in [7, 11) is 3.22. The molecule has 0 aromatic heterocycles. The number of benzene rings is 1. The van der Waals surface area contributed by atoms with E-state index in [0.717, 1.165) is 12.0 Å². The van der Waals surface area contributed by atoms with Gasteiger partial charge in [0.2, 0.25) is 0 Å². The van der Waals surface area contributed by atoms with Crippen molar-refractivity contribution in [3.05, 3.63) is 35.9 Å². The van der Waals surface area contributed by atoms with Gasteiger partial charge < -0.3 is 14.2 Å². The largest absolute Gasteiger partial charge is 0.461 e. The Morgan fingerprint density at radius 1 is 1.08 bits per heavy atom. The average molecular weight is 334 g/mol. The maximum absolute atomic E-state index is 12.6. The first kappa shape index (κ1) is 18.9. The molecule has 4 heteroatoms. The lowest BCUT2D eigenvalue weighted by Crippen LogP contribution is -2.27. The molecule has 0 amide bonds. The number of rotatable bonds is 9. The van der Waals surface area contributed by atoms with Crippen LogP contribution in [0, 0.1) is 11.8 Å². The smallest absolute Gasteiger partial charge is 0.309 e. The maximum Gasteiger partial charge on any atom is 0.309 e. The van der Waals surface area contributed by atoms with Gasteiger partial charge in [-0.15, -0.1) is 0 Å². The zero-order chi connectivity index (χ0) is 17.2. The van der Waals surface area contributed by atoms with E-state index in [1.54, 1.807) is 14.2 Å². The zero-order valence-corrected chi connectivity index (χ0v) is 14.9. The Labute approximate surface area is 145 Å². The van der Waals surface area contributed by atoms with Gasteiger partial charge in [0.15, 0.2) is 6.29 Å². The summed E-state index contributed by atoms with van der Waals surface area (Å²) in [5, 5.41) is 0. The molecule has 24 heavy (non-hydrogen) atoms. The minimum atomic E-state index is -0.358. The second-order valence-electron chi connectivity index (χ2n) is 6.67. The van der Waals surface area contributed by atoms with Gasteiger partial charge in [-0.3, -0.25) is 4.79 Å². The Morgan fingerprint density at radius 2 is 1.75 bits per heavy atom. The molecule has 0 saturated heterocycles. The van der Waals surface area contributed by atoms with Crippen LogP contribution >= 0.6 is 0 Å². The van der Waals surface area contributed by atoms with Gasteiger partial charge in [-0.2, -0.15) is 0 Å². The number of esters is 1. The van der Waals surface area contributed by atoms with Gasteiger partial charge in [0.05, 0.1) is 5.92 Å². The van der Waals surface area contributed by atoms with E-state index in [2.05, 4.69) is 0 Å². The van der Waals surface area contributed by atoms with Gasteiger partial charge in [-0.25, -0.2) is 0 Å². The summed E-state index contributed by atoms with van der Waals surface area (Å²) < 4.78 is 16.2. The summed E-state index contributed by atoms with van der Waals surface area (Å²) in [6.45, 7) is 0.325. The van der Waals surface area contributed by atoms with E-state index in [1.807, 2.05) is 30.3 Å². The summed E-state index contributed by atoms with van der Waals surface area (Å²) in [4.78, 5) is 12.6. The van der Waals surface area contributed by atoms with Crippen LogP contribution in [0.5, 0.6) is 0 Å². The molecule has 1 aromatic carbocycles. The Kier molecular flexibility index (Phi) is 8.26. The molecule has 0 spiro atoms. The molecule has 0 aliphatic heterocycles. The lowest BCUT2D eigenvalue weighted by molar-refractivity contribution is -0.159. The molecule has 1 fully saturated rings. The van der Waals surface area contributed by atoms with Gasteiger partial charge >= 0.3 is 5.97 Å². The first-order chi connectivity index (χ1) is 11.7. The van der Waals surface area contributed by atoms with Crippen molar-refractivity contribution in [2.75, 3.05) is 14.2 Å². The Balaban J connectivity index is 1.92. The molecule has 134 valence electrons. The highest BCUT2D eigenvalue weighted by Crippen LogP contribution is 2.31. The third-order valence-corrected chi connectivity index (χ3v) is 4.90. The van der Waals surface area contributed by atoms with Crippen molar-refractivity contribution in [2.45, 2.75) is 57.8 Å². The van der Waals surface area contributed by atoms with Gasteiger partial charge in [0.25, 0.3) is 0 Å². The normalized spacial score (nSPS) is 17.0.